The first kappa shape index (κ1) is 13.8. The fraction of sp³-hybridized carbons (Fsp3) is 0.571. The number of likely N-dealkylation sites (tertiary alicyclic amines) is 1. The van der Waals surface area contributed by atoms with Gasteiger partial charge in [0.15, 0.2) is 0 Å². The second kappa shape index (κ2) is 5.67. The quantitative estimate of drug-likeness (QED) is 0.833. The van der Waals surface area contributed by atoms with Gasteiger partial charge in [0.1, 0.15) is 0 Å². The Morgan fingerprint density at radius 3 is 2.67 bits per heavy atom. The van der Waals surface area contributed by atoms with Crippen LogP contribution in [0.25, 0.3) is 0 Å². The van der Waals surface area contributed by atoms with E-state index in [9.17, 15) is 9.59 Å². The highest BCUT2D eigenvalue weighted by molar-refractivity contribution is 5.84. The molecular formula is C14H19N5O2. The van der Waals surface area contributed by atoms with Crippen molar-refractivity contribution in [3.63, 3.8) is 0 Å². The highest BCUT2D eigenvalue weighted by Crippen LogP contribution is 2.33. The smallest absolute Gasteiger partial charge is 0.242 e. The van der Waals surface area contributed by atoms with Crippen LogP contribution in [0.1, 0.15) is 19.8 Å². The van der Waals surface area contributed by atoms with Crippen molar-refractivity contribution in [2.75, 3.05) is 24.5 Å². The van der Waals surface area contributed by atoms with E-state index in [2.05, 4.69) is 20.2 Å². The predicted octanol–water partition coefficient (Wildman–Crippen LogP) is -0.208. The molecule has 2 aliphatic heterocycles. The highest BCUT2D eigenvalue weighted by Gasteiger charge is 2.45. The van der Waals surface area contributed by atoms with Gasteiger partial charge in [-0.2, -0.15) is 0 Å². The van der Waals surface area contributed by atoms with Gasteiger partial charge >= 0.3 is 0 Å². The summed E-state index contributed by atoms with van der Waals surface area (Å²) >= 11 is 0. The Bertz CT molecular complexity index is 535. The van der Waals surface area contributed by atoms with Gasteiger partial charge in [0.05, 0.1) is 18.6 Å². The minimum atomic E-state index is -0.176. The van der Waals surface area contributed by atoms with E-state index in [-0.39, 0.29) is 30.4 Å². The molecule has 112 valence electrons. The van der Waals surface area contributed by atoms with Gasteiger partial charge in [-0.25, -0.2) is 9.97 Å². The summed E-state index contributed by atoms with van der Waals surface area (Å²) in [5, 5.41) is 2.58. The zero-order chi connectivity index (χ0) is 14.8. The molecule has 2 amide bonds. The summed E-state index contributed by atoms with van der Waals surface area (Å²) in [6, 6.07) is 2.29. The molecule has 2 aliphatic rings. The summed E-state index contributed by atoms with van der Waals surface area (Å²) in [7, 11) is 0. The molecule has 1 aromatic heterocycles. The topological polar surface area (TPSA) is 78.4 Å². The zero-order valence-electron chi connectivity index (χ0n) is 12.0. The Labute approximate surface area is 123 Å². The number of aromatic nitrogens is 2. The molecule has 0 spiro atoms. The van der Waals surface area contributed by atoms with Crippen molar-refractivity contribution in [3.05, 3.63) is 18.5 Å². The Kier molecular flexibility index (Phi) is 3.72. The predicted molar refractivity (Wildman–Crippen MR) is 76.6 cm³/mol. The van der Waals surface area contributed by atoms with Gasteiger partial charge in [0, 0.05) is 32.4 Å². The van der Waals surface area contributed by atoms with Crippen LogP contribution in [0.5, 0.6) is 0 Å². The molecule has 0 bridgehead atoms. The molecule has 21 heavy (non-hydrogen) atoms. The van der Waals surface area contributed by atoms with E-state index in [0.717, 1.165) is 31.9 Å². The summed E-state index contributed by atoms with van der Waals surface area (Å²) < 4.78 is 0. The van der Waals surface area contributed by atoms with Crippen LogP contribution in [-0.4, -0.2) is 58.4 Å². The molecule has 2 atom stereocenters. The van der Waals surface area contributed by atoms with E-state index >= 15 is 0 Å². The SMILES string of the molecule is CC(=O)NCC(=O)N1CC[C@@H]2[C@@H]1CCN2c1ncccn1. The fourth-order valence-electron chi connectivity index (χ4n) is 3.29. The molecule has 7 heteroatoms. The largest absolute Gasteiger partial charge is 0.347 e. The summed E-state index contributed by atoms with van der Waals surface area (Å²) in [5.74, 6) is 0.555. The van der Waals surface area contributed by atoms with Crippen molar-refractivity contribution in [1.29, 1.82) is 0 Å². The van der Waals surface area contributed by atoms with Gasteiger partial charge in [-0.3, -0.25) is 9.59 Å². The highest BCUT2D eigenvalue weighted by atomic mass is 16.2. The van der Waals surface area contributed by atoms with Crippen LogP contribution >= 0.6 is 0 Å². The van der Waals surface area contributed by atoms with Crippen molar-refractivity contribution in [2.24, 2.45) is 0 Å². The van der Waals surface area contributed by atoms with E-state index in [1.165, 1.54) is 6.92 Å². The molecule has 0 aromatic carbocycles. The van der Waals surface area contributed by atoms with E-state index in [1.807, 2.05) is 4.90 Å². The maximum atomic E-state index is 12.2. The maximum Gasteiger partial charge on any atom is 0.242 e. The summed E-state index contributed by atoms with van der Waals surface area (Å²) in [5.41, 5.74) is 0. The van der Waals surface area contributed by atoms with Crippen molar-refractivity contribution in [3.8, 4) is 0 Å². The van der Waals surface area contributed by atoms with Crippen LogP contribution in [0.15, 0.2) is 18.5 Å². The monoisotopic (exact) mass is 289 g/mol. The lowest BCUT2D eigenvalue weighted by atomic mass is 10.1. The van der Waals surface area contributed by atoms with E-state index in [1.54, 1.807) is 18.5 Å². The zero-order valence-corrected chi connectivity index (χ0v) is 12.0. The number of carbonyl (C=O) groups is 2. The van der Waals surface area contributed by atoms with Gasteiger partial charge in [0.2, 0.25) is 17.8 Å². The lowest BCUT2D eigenvalue weighted by Crippen LogP contribution is -2.44. The molecular weight excluding hydrogens is 270 g/mol. The van der Waals surface area contributed by atoms with Gasteiger partial charge in [-0.1, -0.05) is 0 Å². The third-order valence-corrected chi connectivity index (χ3v) is 4.19. The second-order valence-electron chi connectivity index (χ2n) is 5.45. The van der Waals surface area contributed by atoms with E-state index in [4.69, 9.17) is 0 Å². The molecule has 3 rings (SSSR count). The van der Waals surface area contributed by atoms with Crippen LogP contribution in [0.4, 0.5) is 5.95 Å². The number of carbonyl (C=O) groups excluding carboxylic acids is 2. The van der Waals surface area contributed by atoms with Crippen LogP contribution < -0.4 is 10.2 Å². The van der Waals surface area contributed by atoms with Crippen LogP contribution in [0.3, 0.4) is 0 Å². The molecule has 2 fully saturated rings. The number of fused-ring (bicyclic) bond motifs is 1. The number of amides is 2. The van der Waals surface area contributed by atoms with Crippen LogP contribution in [0.2, 0.25) is 0 Å². The minimum Gasteiger partial charge on any atom is -0.347 e. The number of anilines is 1. The first-order valence-corrected chi connectivity index (χ1v) is 7.24. The Morgan fingerprint density at radius 1 is 1.24 bits per heavy atom. The molecule has 1 N–H and O–H groups in total. The number of hydrogen-bond acceptors (Lipinski definition) is 5. The first-order chi connectivity index (χ1) is 10.2. The molecule has 0 unspecified atom stereocenters. The van der Waals surface area contributed by atoms with Gasteiger partial charge < -0.3 is 15.1 Å². The van der Waals surface area contributed by atoms with Crippen molar-refractivity contribution in [2.45, 2.75) is 31.8 Å². The van der Waals surface area contributed by atoms with E-state index in [0.29, 0.717) is 0 Å². The number of nitrogens with one attached hydrogen (secondary N) is 1. The van der Waals surface area contributed by atoms with Crippen LogP contribution in [0, 0.1) is 0 Å². The molecule has 1 aromatic rings. The third-order valence-electron chi connectivity index (χ3n) is 4.19. The van der Waals surface area contributed by atoms with Crippen molar-refractivity contribution < 1.29 is 9.59 Å². The Hall–Kier alpha value is -2.18. The molecule has 2 saturated heterocycles. The third kappa shape index (κ3) is 2.68. The Morgan fingerprint density at radius 2 is 1.95 bits per heavy atom. The Balaban J connectivity index is 1.66. The van der Waals surface area contributed by atoms with Gasteiger partial charge in [-0.05, 0) is 18.9 Å². The average molecular weight is 289 g/mol. The summed E-state index contributed by atoms with van der Waals surface area (Å²) in [6.45, 7) is 3.10. The maximum absolute atomic E-state index is 12.2. The summed E-state index contributed by atoms with van der Waals surface area (Å²) in [4.78, 5) is 35.8. The van der Waals surface area contributed by atoms with Crippen LogP contribution in [-0.2, 0) is 9.59 Å². The molecule has 7 nitrogen and oxygen atoms in total. The molecule has 0 aliphatic carbocycles. The van der Waals surface area contributed by atoms with E-state index < -0.39 is 0 Å². The lowest BCUT2D eigenvalue weighted by molar-refractivity contribution is -0.133. The fourth-order valence-corrected chi connectivity index (χ4v) is 3.29. The van der Waals surface area contributed by atoms with Crippen molar-refractivity contribution >= 4 is 17.8 Å². The first-order valence-electron chi connectivity index (χ1n) is 7.24. The molecule has 0 radical (unpaired) electrons. The molecule has 0 saturated carbocycles. The van der Waals surface area contributed by atoms with Gasteiger partial charge in [0.25, 0.3) is 0 Å². The standard InChI is InChI=1S/C14H19N5O2/c1-10(20)17-9-13(21)18-7-3-12-11(18)4-8-19(12)14-15-5-2-6-16-14/h2,5-6,11-12H,3-4,7-9H2,1H3,(H,17,20)/t11-,12+/m0/s1. The minimum absolute atomic E-state index is 0.00599. The number of hydrogen-bond donors (Lipinski definition) is 1. The number of nitrogens with zero attached hydrogens (tertiary/aromatic N) is 4. The summed E-state index contributed by atoms with van der Waals surface area (Å²) in [6.07, 6.45) is 5.33. The normalized spacial score (nSPS) is 24.0. The number of rotatable bonds is 3. The molecule has 3 heterocycles. The average Bonchev–Trinajstić information content (AvgIpc) is 3.07. The van der Waals surface area contributed by atoms with Gasteiger partial charge in [-0.15, -0.1) is 0 Å². The second-order valence-corrected chi connectivity index (χ2v) is 5.45. The van der Waals surface area contributed by atoms with Crippen molar-refractivity contribution in [1.82, 2.24) is 20.2 Å². The lowest BCUT2D eigenvalue weighted by Gasteiger charge is -2.25.